The molecule has 240 valence electrons. The minimum atomic E-state index is -3.69. The van der Waals surface area contributed by atoms with Crippen LogP contribution in [0.4, 0.5) is 4.79 Å². The van der Waals surface area contributed by atoms with Crippen LogP contribution in [-0.4, -0.2) is 67.7 Å². The molecule has 0 aromatic rings. The van der Waals surface area contributed by atoms with Crippen molar-refractivity contribution in [2.24, 2.45) is 5.73 Å². The normalized spacial score (nSPS) is 11.2. The van der Waals surface area contributed by atoms with Crippen molar-refractivity contribution in [3.63, 3.8) is 0 Å². The van der Waals surface area contributed by atoms with E-state index in [0.717, 1.165) is 32.5 Å². The number of nitrogens with one attached hydrogen (secondary N) is 2. The summed E-state index contributed by atoms with van der Waals surface area (Å²) in [4.78, 5) is 33.4. The molecule has 0 bridgehead atoms. The van der Waals surface area contributed by atoms with Crippen LogP contribution in [0.1, 0.15) is 130 Å². The third-order valence-electron chi connectivity index (χ3n) is 6.52. The van der Waals surface area contributed by atoms with Crippen LogP contribution >= 0.6 is 7.82 Å². The fourth-order valence-electron chi connectivity index (χ4n) is 4.23. The van der Waals surface area contributed by atoms with Crippen LogP contribution in [0.5, 0.6) is 0 Å². The fourth-order valence-corrected chi connectivity index (χ4v) is 4.95. The maximum atomic E-state index is 11.9. The molecule has 0 aromatic heterocycles. The number of nitrogens with two attached hydrogens (primary N) is 1. The third kappa shape index (κ3) is 33.0. The lowest BCUT2D eigenvalue weighted by molar-refractivity contribution is -0.121. The number of carbonyl (C=O) groups is 2. The summed E-state index contributed by atoms with van der Waals surface area (Å²) >= 11 is 0. The van der Waals surface area contributed by atoms with E-state index in [-0.39, 0.29) is 19.1 Å². The molecule has 0 atom stereocenters. The Morgan fingerprint density at radius 1 is 0.700 bits per heavy atom. The number of primary amides is 1. The summed E-state index contributed by atoms with van der Waals surface area (Å²) in [5.74, 6) is 0.154. The molecular weight excluding hydrogens is 531 g/mol. The van der Waals surface area contributed by atoms with Crippen LogP contribution in [0.15, 0.2) is 0 Å². The van der Waals surface area contributed by atoms with Gasteiger partial charge in [-0.2, -0.15) is 0 Å². The number of amides is 3. The van der Waals surface area contributed by atoms with Crippen molar-refractivity contribution in [2.75, 3.05) is 45.9 Å². The van der Waals surface area contributed by atoms with Gasteiger partial charge in [-0.15, -0.1) is 0 Å². The van der Waals surface area contributed by atoms with Gasteiger partial charge >= 0.3 is 13.9 Å². The largest absolute Gasteiger partial charge is 0.472 e. The van der Waals surface area contributed by atoms with Crippen molar-refractivity contribution >= 4 is 19.8 Å². The summed E-state index contributed by atoms with van der Waals surface area (Å²) in [5, 5.41) is 5.59. The average molecular weight is 595 g/mol. The second-order valence-electron chi connectivity index (χ2n) is 10.1. The van der Waals surface area contributed by atoms with Gasteiger partial charge in [0, 0.05) is 32.6 Å². The first-order valence-electron chi connectivity index (χ1n) is 15.9. The Bertz CT molecular complexity index is 617. The second-order valence-corrected chi connectivity index (χ2v) is 11.5. The van der Waals surface area contributed by atoms with Crippen molar-refractivity contribution in [3.8, 4) is 0 Å². The predicted molar refractivity (Wildman–Crippen MR) is 165 cm³/mol. The summed E-state index contributed by atoms with van der Waals surface area (Å²) in [6, 6.07) is -0.493. The Balaban J connectivity index is 0. The van der Waals surface area contributed by atoms with Gasteiger partial charge in [-0.1, -0.05) is 104 Å². The Hall–Kier alpha value is -1.19. The zero-order valence-electron chi connectivity index (χ0n) is 26.2. The Kier molecular flexibility index (Phi) is 31.5. The molecule has 0 fully saturated rings. The fraction of sp³-hybridized carbons (Fsp3) is 0.931. The monoisotopic (exact) mass is 594 g/mol. The van der Waals surface area contributed by atoms with Crippen molar-refractivity contribution in [1.82, 2.24) is 15.5 Å². The third-order valence-corrected chi connectivity index (χ3v) is 7.69. The lowest BCUT2D eigenvalue weighted by Gasteiger charge is -2.20. The average Bonchev–Trinajstić information content (AvgIpc) is 2.90. The zero-order chi connectivity index (χ0) is 30.3. The van der Waals surface area contributed by atoms with Crippen LogP contribution in [0.3, 0.4) is 0 Å². The number of phosphoric acid groups is 1. The number of rotatable bonds is 27. The van der Waals surface area contributed by atoms with E-state index in [9.17, 15) is 14.2 Å². The van der Waals surface area contributed by atoms with E-state index in [0.29, 0.717) is 19.5 Å². The molecule has 0 unspecified atom stereocenters. The Morgan fingerprint density at radius 2 is 1.10 bits per heavy atom. The van der Waals surface area contributed by atoms with E-state index in [1.54, 1.807) is 13.8 Å². The highest BCUT2D eigenvalue weighted by atomic mass is 31.2. The van der Waals surface area contributed by atoms with Gasteiger partial charge in [0.1, 0.15) is 0 Å². The molecule has 40 heavy (non-hydrogen) atoms. The predicted octanol–water partition coefficient (Wildman–Crippen LogP) is 6.51. The van der Waals surface area contributed by atoms with Gasteiger partial charge in [-0.25, -0.2) is 9.36 Å². The molecule has 3 amide bonds. The van der Waals surface area contributed by atoms with Crippen LogP contribution in [0.2, 0.25) is 0 Å². The summed E-state index contributed by atoms with van der Waals surface area (Å²) in [5.41, 5.74) is 5.06. The summed E-state index contributed by atoms with van der Waals surface area (Å²) in [6.07, 6.45) is 20.7. The quantitative estimate of drug-likeness (QED) is 0.0627. The maximum absolute atomic E-state index is 11.9. The number of unbranched alkanes of at least 4 members (excludes halogenated alkanes) is 14. The standard InChI is InChI=1S/C25H52N4O2.C4H11O4P/c1-3-5-6-7-8-9-10-11-12-13-14-15-16-17-18-19-24(30)27-20-22-29(4-2)23-21-28-25(26)31;1-3-7-9(5,6)8-4-2/h3-23H2,1-2H3,(H,27,30)(H3,26,28,31);3-4H2,1-2H3,(H,5,6). The van der Waals surface area contributed by atoms with Crippen LogP contribution in [0.25, 0.3) is 0 Å². The van der Waals surface area contributed by atoms with Gasteiger partial charge in [0.15, 0.2) is 0 Å². The molecule has 0 radical (unpaired) electrons. The van der Waals surface area contributed by atoms with Gasteiger partial charge < -0.3 is 26.2 Å². The lowest BCUT2D eigenvalue weighted by Crippen LogP contribution is -2.40. The summed E-state index contributed by atoms with van der Waals surface area (Å²) in [7, 11) is -3.69. The van der Waals surface area contributed by atoms with Crippen molar-refractivity contribution < 1.29 is 28.1 Å². The van der Waals surface area contributed by atoms with Crippen molar-refractivity contribution in [1.29, 1.82) is 0 Å². The van der Waals surface area contributed by atoms with E-state index in [2.05, 4.69) is 38.4 Å². The number of carbonyl (C=O) groups excluding carboxylic acids is 2. The van der Waals surface area contributed by atoms with Gasteiger partial charge in [0.2, 0.25) is 5.91 Å². The van der Waals surface area contributed by atoms with Crippen molar-refractivity contribution in [2.45, 2.75) is 130 Å². The van der Waals surface area contributed by atoms with E-state index in [1.807, 2.05) is 0 Å². The zero-order valence-corrected chi connectivity index (χ0v) is 27.1. The molecule has 0 aliphatic carbocycles. The molecule has 0 aliphatic rings. The minimum Gasteiger partial charge on any atom is -0.355 e. The Morgan fingerprint density at radius 3 is 1.48 bits per heavy atom. The molecular formula is C29H63N4O6P. The minimum absolute atomic E-state index is 0.154. The van der Waals surface area contributed by atoms with Gasteiger partial charge in [0.05, 0.1) is 13.2 Å². The van der Waals surface area contributed by atoms with Crippen LogP contribution < -0.4 is 16.4 Å². The smallest absolute Gasteiger partial charge is 0.355 e. The molecule has 0 saturated heterocycles. The molecule has 5 N–H and O–H groups in total. The van der Waals surface area contributed by atoms with Crippen LogP contribution in [0, 0.1) is 0 Å². The number of hydrogen-bond acceptors (Lipinski definition) is 6. The topological polar surface area (TPSA) is 143 Å². The SMILES string of the molecule is CCCCCCCCCCCCCCCCCC(=O)NCCN(CC)CCNC(N)=O.CCOP(=O)(O)OCC. The highest BCUT2D eigenvalue weighted by Gasteiger charge is 2.17. The first-order valence-corrected chi connectivity index (χ1v) is 17.4. The molecule has 0 aliphatic heterocycles. The second kappa shape index (κ2) is 30.8. The maximum Gasteiger partial charge on any atom is 0.472 e. The molecule has 0 aromatic carbocycles. The Labute approximate surface area is 245 Å². The lowest BCUT2D eigenvalue weighted by atomic mass is 10.0. The number of nitrogens with zero attached hydrogens (tertiary/aromatic N) is 1. The molecule has 0 saturated carbocycles. The van der Waals surface area contributed by atoms with Crippen molar-refractivity contribution in [3.05, 3.63) is 0 Å². The first-order chi connectivity index (χ1) is 19.2. The molecule has 0 heterocycles. The molecule has 11 heteroatoms. The highest BCUT2D eigenvalue weighted by molar-refractivity contribution is 7.47. The highest BCUT2D eigenvalue weighted by Crippen LogP contribution is 2.42. The van der Waals surface area contributed by atoms with E-state index in [1.165, 1.54) is 83.5 Å². The number of phosphoric ester groups is 1. The van der Waals surface area contributed by atoms with Crippen LogP contribution in [-0.2, 0) is 18.4 Å². The molecule has 0 rings (SSSR count). The van der Waals surface area contributed by atoms with Gasteiger partial charge in [-0.3, -0.25) is 13.8 Å². The number of urea groups is 1. The summed E-state index contributed by atoms with van der Waals surface area (Å²) in [6.45, 7) is 11.6. The van der Waals surface area contributed by atoms with Gasteiger partial charge in [0.25, 0.3) is 0 Å². The first kappa shape index (κ1) is 40.9. The van der Waals surface area contributed by atoms with E-state index >= 15 is 0 Å². The number of hydrogen-bond donors (Lipinski definition) is 4. The molecule has 0 spiro atoms. The van der Waals surface area contributed by atoms with E-state index < -0.39 is 13.9 Å². The molecule has 10 nitrogen and oxygen atoms in total. The number of likely N-dealkylation sites (N-methyl/N-ethyl adjacent to an activating group) is 1. The van der Waals surface area contributed by atoms with Gasteiger partial charge in [-0.05, 0) is 26.8 Å². The summed E-state index contributed by atoms with van der Waals surface area (Å²) < 4.78 is 19.2. The van der Waals surface area contributed by atoms with E-state index in [4.69, 9.17) is 10.6 Å².